The van der Waals surface area contributed by atoms with Crippen molar-refractivity contribution >= 4 is 0 Å². The summed E-state index contributed by atoms with van der Waals surface area (Å²) in [5.74, 6) is 0. The van der Waals surface area contributed by atoms with E-state index in [4.69, 9.17) is 5.11 Å². The first kappa shape index (κ1) is 23.0. The predicted molar refractivity (Wildman–Crippen MR) is 22.0 cm³/mol. The van der Waals surface area contributed by atoms with Gasteiger partial charge < -0.3 is 29.9 Å². The van der Waals surface area contributed by atoms with Crippen LogP contribution in [-0.2, 0) is 17.1 Å². The van der Waals surface area contributed by atoms with Crippen LogP contribution in [0, 0.1) is 0 Å². The summed E-state index contributed by atoms with van der Waals surface area (Å²) in [4.78, 5) is 0. The monoisotopic (exact) mass is 199 g/mol. The number of rotatable bonds is 2. The molecule has 1 N–H and O–H groups in total. The van der Waals surface area contributed by atoms with E-state index in [1.165, 1.54) is 0 Å². The van der Waals surface area contributed by atoms with Gasteiger partial charge in [0.1, 0.15) is 0 Å². The molecule has 0 aromatic carbocycles. The van der Waals surface area contributed by atoms with Crippen LogP contribution in [0.15, 0.2) is 0 Å². The summed E-state index contributed by atoms with van der Waals surface area (Å²) >= 11 is 0. The van der Waals surface area contributed by atoms with Crippen molar-refractivity contribution in [3.63, 3.8) is 0 Å². The largest absolute Gasteiger partial charge is 2.00 e. The SMILES string of the molecule is CCCCO.[Cl-].[Cl-].[Mn+2]. The molecule has 0 spiro atoms. The molecule has 0 aliphatic heterocycles. The number of aliphatic hydroxyl groups excluding tert-OH is 1. The second-order valence-electron chi connectivity index (χ2n) is 1.08. The van der Waals surface area contributed by atoms with E-state index < -0.39 is 0 Å². The second-order valence-corrected chi connectivity index (χ2v) is 1.08. The van der Waals surface area contributed by atoms with Crippen molar-refractivity contribution in [2.45, 2.75) is 19.8 Å². The first-order valence-electron chi connectivity index (χ1n) is 2.02. The van der Waals surface area contributed by atoms with Gasteiger partial charge in [-0.15, -0.1) is 0 Å². The van der Waals surface area contributed by atoms with E-state index in [0.29, 0.717) is 6.61 Å². The van der Waals surface area contributed by atoms with E-state index in [1.54, 1.807) is 0 Å². The molecule has 0 saturated heterocycles. The molecule has 0 atom stereocenters. The van der Waals surface area contributed by atoms with Crippen molar-refractivity contribution < 1.29 is 47.0 Å². The predicted octanol–water partition coefficient (Wildman–Crippen LogP) is -5.22. The molecule has 1 nitrogen and oxygen atoms in total. The zero-order valence-electron chi connectivity index (χ0n) is 4.70. The fourth-order valence-corrected chi connectivity index (χ4v) is 0.158. The van der Waals surface area contributed by atoms with Crippen LogP contribution in [0.2, 0.25) is 0 Å². The Kier molecular flexibility index (Phi) is 70.0. The summed E-state index contributed by atoms with van der Waals surface area (Å²) in [5.41, 5.74) is 0. The van der Waals surface area contributed by atoms with Gasteiger partial charge in [-0.3, -0.25) is 0 Å². The van der Waals surface area contributed by atoms with Gasteiger partial charge in [-0.1, -0.05) is 13.3 Å². The molecule has 0 aliphatic rings. The second kappa shape index (κ2) is 24.4. The third-order valence-corrected chi connectivity index (χ3v) is 0.512. The average molecular weight is 200 g/mol. The minimum atomic E-state index is 0. The molecule has 0 aromatic heterocycles. The molecular weight excluding hydrogens is 190 g/mol. The molecule has 0 unspecified atom stereocenters. The number of unbranched alkanes of at least 4 members (excludes halogenated alkanes) is 1. The number of hydrogen-bond donors (Lipinski definition) is 1. The maximum absolute atomic E-state index is 8.07. The van der Waals surface area contributed by atoms with Gasteiger partial charge in [-0.2, -0.15) is 0 Å². The summed E-state index contributed by atoms with van der Waals surface area (Å²) in [6.07, 6.45) is 2.04. The maximum Gasteiger partial charge on any atom is 2.00 e. The molecule has 0 amide bonds. The van der Waals surface area contributed by atoms with Crippen LogP contribution in [0.25, 0.3) is 0 Å². The fraction of sp³-hybridized carbons (Fsp3) is 1.00. The summed E-state index contributed by atoms with van der Waals surface area (Å²) in [6.45, 7) is 2.40. The molecule has 8 heavy (non-hydrogen) atoms. The Morgan fingerprint density at radius 3 is 1.62 bits per heavy atom. The van der Waals surface area contributed by atoms with Gasteiger partial charge in [0.15, 0.2) is 0 Å². The van der Waals surface area contributed by atoms with Gasteiger partial charge in [-0.25, -0.2) is 0 Å². The molecule has 4 heteroatoms. The molecular formula is C4H10Cl2MnO. The molecule has 0 bridgehead atoms. The van der Waals surface area contributed by atoms with Gasteiger partial charge in [0.2, 0.25) is 0 Å². The normalized spacial score (nSPS) is 5.25. The summed E-state index contributed by atoms with van der Waals surface area (Å²) in [6, 6.07) is 0. The number of aliphatic hydroxyl groups is 1. The van der Waals surface area contributed by atoms with Crippen LogP contribution >= 0.6 is 0 Å². The Hall–Kier alpha value is 1.06. The average Bonchev–Trinajstić information content (AvgIpc) is 1.41. The molecule has 53 valence electrons. The van der Waals surface area contributed by atoms with Gasteiger partial charge in [-0.05, 0) is 6.42 Å². The molecule has 0 aliphatic carbocycles. The first-order chi connectivity index (χ1) is 2.41. The van der Waals surface area contributed by atoms with E-state index in [1.807, 2.05) is 0 Å². The Morgan fingerprint density at radius 2 is 1.62 bits per heavy atom. The van der Waals surface area contributed by atoms with Crippen molar-refractivity contribution in [3.05, 3.63) is 0 Å². The first-order valence-corrected chi connectivity index (χ1v) is 2.02. The van der Waals surface area contributed by atoms with Gasteiger partial charge in [0.05, 0.1) is 0 Å². The standard InChI is InChI=1S/C4H10O.2ClH.Mn/c1-2-3-4-5;;;/h5H,2-4H2,1H3;2*1H;/q;;;+2/p-2. The molecule has 0 saturated carbocycles. The van der Waals surface area contributed by atoms with E-state index in [0.717, 1.165) is 12.8 Å². The Bertz CT molecular complexity index is 21.5. The molecule has 0 aromatic rings. The van der Waals surface area contributed by atoms with Crippen molar-refractivity contribution in [2.75, 3.05) is 6.61 Å². The van der Waals surface area contributed by atoms with Crippen molar-refractivity contribution in [1.82, 2.24) is 0 Å². The smallest absolute Gasteiger partial charge is 1.00 e. The van der Waals surface area contributed by atoms with Gasteiger partial charge in [0.25, 0.3) is 0 Å². The molecule has 1 radical (unpaired) electrons. The van der Waals surface area contributed by atoms with Crippen molar-refractivity contribution in [1.29, 1.82) is 0 Å². The van der Waals surface area contributed by atoms with Crippen LogP contribution in [0.5, 0.6) is 0 Å². The summed E-state index contributed by atoms with van der Waals surface area (Å²) in [7, 11) is 0. The zero-order chi connectivity index (χ0) is 4.12. The Labute approximate surface area is 73.5 Å². The Morgan fingerprint density at radius 1 is 1.25 bits per heavy atom. The van der Waals surface area contributed by atoms with Crippen LogP contribution in [0.4, 0.5) is 0 Å². The molecule has 0 rings (SSSR count). The molecule has 0 fully saturated rings. The summed E-state index contributed by atoms with van der Waals surface area (Å²) in [5, 5.41) is 8.07. The fourth-order valence-electron chi connectivity index (χ4n) is 0.158. The number of halogens is 2. The van der Waals surface area contributed by atoms with Crippen LogP contribution < -0.4 is 24.8 Å². The van der Waals surface area contributed by atoms with E-state index in [-0.39, 0.29) is 41.9 Å². The topological polar surface area (TPSA) is 20.2 Å². The summed E-state index contributed by atoms with van der Waals surface area (Å²) < 4.78 is 0. The number of hydrogen-bond acceptors (Lipinski definition) is 1. The minimum Gasteiger partial charge on any atom is -1.00 e. The zero-order valence-corrected chi connectivity index (χ0v) is 7.39. The maximum atomic E-state index is 8.07. The van der Waals surface area contributed by atoms with Crippen LogP contribution in [0.3, 0.4) is 0 Å². The quantitative estimate of drug-likeness (QED) is 0.442. The molecule has 0 heterocycles. The van der Waals surface area contributed by atoms with Crippen molar-refractivity contribution in [3.8, 4) is 0 Å². The van der Waals surface area contributed by atoms with E-state index in [2.05, 4.69) is 6.92 Å². The third kappa shape index (κ3) is 27.7. The van der Waals surface area contributed by atoms with Gasteiger partial charge >= 0.3 is 17.1 Å². The van der Waals surface area contributed by atoms with Crippen molar-refractivity contribution in [2.24, 2.45) is 0 Å². The van der Waals surface area contributed by atoms with E-state index >= 15 is 0 Å². The van der Waals surface area contributed by atoms with E-state index in [9.17, 15) is 0 Å². The third-order valence-electron chi connectivity index (χ3n) is 0.512. The Balaban J connectivity index is -0.0000000267. The van der Waals surface area contributed by atoms with Crippen LogP contribution in [-0.4, -0.2) is 11.7 Å². The minimum absolute atomic E-state index is 0. The van der Waals surface area contributed by atoms with Crippen LogP contribution in [0.1, 0.15) is 19.8 Å². The van der Waals surface area contributed by atoms with Gasteiger partial charge in [0, 0.05) is 6.61 Å².